The van der Waals surface area contributed by atoms with Gasteiger partial charge in [0, 0.05) is 34.6 Å². The summed E-state index contributed by atoms with van der Waals surface area (Å²) in [7, 11) is 0. The van der Waals surface area contributed by atoms with Crippen LogP contribution in [-0.2, 0) is 11.3 Å². The van der Waals surface area contributed by atoms with E-state index in [9.17, 15) is 9.59 Å². The molecule has 0 bridgehead atoms. The van der Waals surface area contributed by atoms with Crippen molar-refractivity contribution in [2.75, 3.05) is 0 Å². The molecular weight excluding hydrogens is 340 g/mol. The maximum absolute atomic E-state index is 12.3. The molecular formula is C18H19ClN4O2. The Morgan fingerprint density at radius 2 is 1.96 bits per heavy atom. The molecule has 25 heavy (non-hydrogen) atoms. The van der Waals surface area contributed by atoms with Crippen molar-refractivity contribution >= 4 is 23.3 Å². The first kappa shape index (κ1) is 17.2. The second-order valence-corrected chi connectivity index (χ2v) is 6.67. The Morgan fingerprint density at radius 3 is 2.60 bits per heavy atom. The van der Waals surface area contributed by atoms with Gasteiger partial charge in [-0.3, -0.25) is 14.0 Å². The standard InChI is InChI=1S/C18H19ClN4O2/c1-11(2)20-16(24)10-22-12(3)8-17(25)23-9-15(21-18(22)23)13-4-6-14(19)7-5-13/h4-9,11H,10H2,1-3H3,(H,20,24). The molecule has 130 valence electrons. The zero-order valence-corrected chi connectivity index (χ0v) is 15.0. The molecule has 2 aromatic heterocycles. The number of aromatic nitrogens is 3. The van der Waals surface area contributed by atoms with Crippen molar-refractivity contribution in [3.8, 4) is 11.3 Å². The number of fused-ring (bicyclic) bond motifs is 1. The SMILES string of the molecule is Cc1cc(=O)n2cc(-c3ccc(Cl)cc3)nc2n1CC(=O)NC(C)C. The number of halogens is 1. The van der Waals surface area contributed by atoms with E-state index < -0.39 is 0 Å². The molecule has 1 aromatic carbocycles. The summed E-state index contributed by atoms with van der Waals surface area (Å²) in [5.41, 5.74) is 2.01. The zero-order chi connectivity index (χ0) is 18.1. The van der Waals surface area contributed by atoms with Crippen molar-refractivity contribution in [3.63, 3.8) is 0 Å². The van der Waals surface area contributed by atoms with Gasteiger partial charge in [0.1, 0.15) is 6.54 Å². The quantitative estimate of drug-likeness (QED) is 0.779. The van der Waals surface area contributed by atoms with Crippen molar-refractivity contribution in [2.24, 2.45) is 0 Å². The van der Waals surface area contributed by atoms with E-state index >= 15 is 0 Å². The summed E-state index contributed by atoms with van der Waals surface area (Å²) in [4.78, 5) is 29.0. The molecule has 2 heterocycles. The van der Waals surface area contributed by atoms with Crippen LogP contribution in [0.2, 0.25) is 5.02 Å². The van der Waals surface area contributed by atoms with Gasteiger partial charge in [0.2, 0.25) is 11.7 Å². The fraction of sp³-hybridized carbons (Fsp3) is 0.278. The lowest BCUT2D eigenvalue weighted by Gasteiger charge is -2.13. The van der Waals surface area contributed by atoms with Crippen LogP contribution in [0.25, 0.3) is 17.0 Å². The van der Waals surface area contributed by atoms with Gasteiger partial charge >= 0.3 is 0 Å². The average molecular weight is 359 g/mol. The van der Waals surface area contributed by atoms with E-state index in [0.717, 1.165) is 5.56 Å². The van der Waals surface area contributed by atoms with Crippen LogP contribution in [0.3, 0.4) is 0 Å². The van der Waals surface area contributed by atoms with Gasteiger partial charge in [-0.2, -0.15) is 0 Å². The molecule has 1 amide bonds. The first-order valence-corrected chi connectivity index (χ1v) is 8.38. The number of aryl methyl sites for hydroxylation is 1. The molecule has 7 heteroatoms. The number of carbonyl (C=O) groups excluding carboxylic acids is 1. The normalized spacial score (nSPS) is 11.2. The number of nitrogens with one attached hydrogen (secondary N) is 1. The highest BCUT2D eigenvalue weighted by Gasteiger charge is 2.14. The van der Waals surface area contributed by atoms with E-state index in [1.54, 1.807) is 29.8 Å². The summed E-state index contributed by atoms with van der Waals surface area (Å²) in [6.45, 7) is 5.70. The van der Waals surface area contributed by atoms with Gasteiger partial charge in [-0.05, 0) is 32.9 Å². The Morgan fingerprint density at radius 1 is 1.28 bits per heavy atom. The topological polar surface area (TPSA) is 68.4 Å². The summed E-state index contributed by atoms with van der Waals surface area (Å²) in [6, 6.07) is 8.79. The number of rotatable bonds is 4. The monoisotopic (exact) mass is 358 g/mol. The molecule has 0 aliphatic heterocycles. The molecule has 0 spiro atoms. The molecule has 0 radical (unpaired) electrons. The van der Waals surface area contributed by atoms with Crippen LogP contribution in [0.15, 0.2) is 41.3 Å². The second-order valence-electron chi connectivity index (χ2n) is 6.24. The van der Waals surface area contributed by atoms with Gasteiger partial charge in [0.05, 0.1) is 5.69 Å². The zero-order valence-electron chi connectivity index (χ0n) is 14.3. The van der Waals surface area contributed by atoms with Crippen molar-refractivity contribution in [1.82, 2.24) is 19.3 Å². The number of amides is 1. The lowest BCUT2D eigenvalue weighted by molar-refractivity contribution is -0.122. The van der Waals surface area contributed by atoms with E-state index in [1.807, 2.05) is 26.0 Å². The third-order valence-electron chi connectivity index (χ3n) is 3.82. The smallest absolute Gasteiger partial charge is 0.259 e. The van der Waals surface area contributed by atoms with E-state index in [4.69, 9.17) is 11.6 Å². The van der Waals surface area contributed by atoms with Gasteiger partial charge in [-0.1, -0.05) is 23.7 Å². The number of benzene rings is 1. The highest BCUT2D eigenvalue weighted by Crippen LogP contribution is 2.21. The molecule has 6 nitrogen and oxygen atoms in total. The number of imidazole rings is 1. The van der Waals surface area contributed by atoms with Gasteiger partial charge in [-0.15, -0.1) is 0 Å². The highest BCUT2D eigenvalue weighted by atomic mass is 35.5. The first-order valence-electron chi connectivity index (χ1n) is 8.00. The minimum Gasteiger partial charge on any atom is -0.352 e. The van der Waals surface area contributed by atoms with Crippen molar-refractivity contribution in [2.45, 2.75) is 33.4 Å². The van der Waals surface area contributed by atoms with Crippen LogP contribution in [0, 0.1) is 6.92 Å². The molecule has 0 saturated heterocycles. The molecule has 1 N–H and O–H groups in total. The van der Waals surface area contributed by atoms with Crippen LogP contribution < -0.4 is 10.9 Å². The van der Waals surface area contributed by atoms with Crippen molar-refractivity contribution < 1.29 is 4.79 Å². The minimum atomic E-state index is -0.180. The fourth-order valence-corrected chi connectivity index (χ4v) is 2.80. The minimum absolute atomic E-state index is 0.0487. The van der Waals surface area contributed by atoms with Crippen LogP contribution in [0.5, 0.6) is 0 Å². The second kappa shape index (κ2) is 6.72. The van der Waals surface area contributed by atoms with Crippen LogP contribution in [0.1, 0.15) is 19.5 Å². The highest BCUT2D eigenvalue weighted by molar-refractivity contribution is 6.30. The average Bonchev–Trinajstić information content (AvgIpc) is 2.97. The van der Waals surface area contributed by atoms with Gasteiger partial charge in [0.15, 0.2) is 0 Å². The molecule has 0 unspecified atom stereocenters. The molecule has 0 aliphatic rings. The van der Waals surface area contributed by atoms with Crippen LogP contribution >= 0.6 is 11.6 Å². The van der Waals surface area contributed by atoms with E-state index in [2.05, 4.69) is 10.3 Å². The molecule has 0 fully saturated rings. The third-order valence-corrected chi connectivity index (χ3v) is 4.07. The number of hydrogen-bond donors (Lipinski definition) is 1. The fourth-order valence-electron chi connectivity index (χ4n) is 2.67. The first-order chi connectivity index (χ1) is 11.8. The predicted molar refractivity (Wildman–Crippen MR) is 97.9 cm³/mol. The van der Waals surface area contributed by atoms with Gasteiger partial charge in [0.25, 0.3) is 5.56 Å². The van der Waals surface area contributed by atoms with E-state index in [-0.39, 0.29) is 24.1 Å². The summed E-state index contributed by atoms with van der Waals surface area (Å²) in [6.07, 6.45) is 1.68. The lowest BCUT2D eigenvalue weighted by atomic mass is 10.2. The largest absolute Gasteiger partial charge is 0.352 e. The molecule has 3 aromatic rings. The Bertz CT molecular complexity index is 987. The lowest BCUT2D eigenvalue weighted by Crippen LogP contribution is -2.34. The Kier molecular flexibility index (Phi) is 4.63. The summed E-state index contributed by atoms with van der Waals surface area (Å²) < 4.78 is 3.19. The molecule has 0 saturated carbocycles. The van der Waals surface area contributed by atoms with Crippen LogP contribution in [-0.4, -0.2) is 25.9 Å². The molecule has 0 aliphatic carbocycles. The van der Waals surface area contributed by atoms with Crippen LogP contribution in [0.4, 0.5) is 0 Å². The van der Waals surface area contributed by atoms with Gasteiger partial charge in [-0.25, -0.2) is 4.98 Å². The van der Waals surface area contributed by atoms with E-state index in [0.29, 0.717) is 22.2 Å². The Labute approximate surface area is 150 Å². The third kappa shape index (κ3) is 3.58. The Balaban J connectivity index is 2.09. The number of hydrogen-bond acceptors (Lipinski definition) is 3. The van der Waals surface area contributed by atoms with Crippen molar-refractivity contribution in [1.29, 1.82) is 0 Å². The molecule has 0 atom stereocenters. The Hall–Kier alpha value is -2.60. The maximum Gasteiger partial charge on any atom is 0.259 e. The summed E-state index contributed by atoms with van der Waals surface area (Å²) >= 11 is 5.92. The maximum atomic E-state index is 12.3. The number of carbonyl (C=O) groups is 1. The van der Waals surface area contributed by atoms with Crippen molar-refractivity contribution in [3.05, 3.63) is 57.6 Å². The van der Waals surface area contributed by atoms with E-state index in [1.165, 1.54) is 10.5 Å². The van der Waals surface area contributed by atoms with Gasteiger partial charge < -0.3 is 9.88 Å². The number of nitrogens with zero attached hydrogens (tertiary/aromatic N) is 3. The summed E-state index contributed by atoms with van der Waals surface area (Å²) in [5, 5.41) is 3.49. The molecule has 3 rings (SSSR count). The summed E-state index contributed by atoms with van der Waals surface area (Å²) in [5.74, 6) is 0.313. The predicted octanol–water partition coefficient (Wildman–Crippen LogP) is 2.65.